The van der Waals surface area contributed by atoms with Crippen molar-refractivity contribution in [2.75, 3.05) is 38.7 Å². The maximum absolute atomic E-state index is 12.5. The lowest BCUT2D eigenvalue weighted by Crippen LogP contribution is -2.42. The molecule has 2 rings (SSSR count). The number of anilines is 1. The summed E-state index contributed by atoms with van der Waals surface area (Å²) in [7, 11) is 3.90. The first kappa shape index (κ1) is 15.8. The summed E-state index contributed by atoms with van der Waals surface area (Å²) < 4.78 is 0. The third kappa shape index (κ3) is 3.74. The number of hydrogen-bond donors (Lipinski definition) is 2. The van der Waals surface area contributed by atoms with Crippen LogP contribution in [0, 0.1) is 5.92 Å². The molecule has 116 valence electrons. The van der Waals surface area contributed by atoms with Crippen LogP contribution in [0.4, 0.5) is 5.69 Å². The van der Waals surface area contributed by atoms with Crippen molar-refractivity contribution < 1.29 is 15.0 Å². The van der Waals surface area contributed by atoms with Gasteiger partial charge in [0.15, 0.2) is 0 Å². The van der Waals surface area contributed by atoms with Gasteiger partial charge in [0.2, 0.25) is 0 Å². The van der Waals surface area contributed by atoms with Gasteiger partial charge < -0.3 is 20.0 Å². The predicted octanol–water partition coefficient (Wildman–Crippen LogP) is 0.958. The van der Waals surface area contributed by atoms with E-state index >= 15 is 0 Å². The number of aliphatic hydroxyl groups excluding tert-OH is 2. The van der Waals surface area contributed by atoms with Crippen molar-refractivity contribution in [3.8, 4) is 0 Å². The van der Waals surface area contributed by atoms with Crippen LogP contribution in [-0.4, -0.2) is 60.9 Å². The molecule has 1 fully saturated rings. The monoisotopic (exact) mass is 292 g/mol. The Balaban J connectivity index is 2.00. The van der Waals surface area contributed by atoms with Crippen LogP contribution in [-0.2, 0) is 0 Å². The van der Waals surface area contributed by atoms with E-state index in [4.69, 9.17) is 5.11 Å². The average Bonchev–Trinajstić information content (AvgIpc) is 2.53. The lowest BCUT2D eigenvalue weighted by Gasteiger charge is -2.33. The first-order chi connectivity index (χ1) is 10.0. The number of aliphatic hydroxyl groups is 2. The zero-order valence-corrected chi connectivity index (χ0v) is 12.7. The highest BCUT2D eigenvalue weighted by Crippen LogP contribution is 2.23. The van der Waals surface area contributed by atoms with Crippen molar-refractivity contribution in [1.29, 1.82) is 0 Å². The largest absolute Gasteiger partial charge is 0.394 e. The summed E-state index contributed by atoms with van der Waals surface area (Å²) in [4.78, 5) is 16.3. The predicted molar refractivity (Wildman–Crippen MR) is 82.5 cm³/mol. The number of carbonyl (C=O) groups is 1. The molecule has 1 aromatic rings. The summed E-state index contributed by atoms with van der Waals surface area (Å²) in [5, 5.41) is 18.7. The second-order valence-electron chi connectivity index (χ2n) is 5.82. The van der Waals surface area contributed by atoms with Crippen LogP contribution < -0.4 is 4.90 Å². The quantitative estimate of drug-likeness (QED) is 0.867. The number of rotatable bonds is 4. The molecule has 0 radical (unpaired) electrons. The number of benzene rings is 1. The van der Waals surface area contributed by atoms with Crippen LogP contribution in [0.3, 0.4) is 0 Å². The maximum Gasteiger partial charge on any atom is 0.253 e. The molecular weight excluding hydrogens is 268 g/mol. The second kappa shape index (κ2) is 6.91. The van der Waals surface area contributed by atoms with Gasteiger partial charge in [0.25, 0.3) is 5.91 Å². The van der Waals surface area contributed by atoms with E-state index < -0.39 is 6.10 Å². The van der Waals surface area contributed by atoms with E-state index in [2.05, 4.69) is 0 Å². The molecule has 1 aromatic carbocycles. The molecule has 1 aliphatic heterocycles. The van der Waals surface area contributed by atoms with E-state index in [-0.39, 0.29) is 18.4 Å². The smallest absolute Gasteiger partial charge is 0.253 e. The molecule has 5 nitrogen and oxygen atoms in total. The number of piperidine rings is 1. The van der Waals surface area contributed by atoms with E-state index in [9.17, 15) is 9.90 Å². The summed E-state index contributed by atoms with van der Waals surface area (Å²) in [5.74, 6) is 0.128. The Bertz CT molecular complexity index is 482. The highest BCUT2D eigenvalue weighted by molar-refractivity contribution is 5.95. The third-order valence-corrected chi connectivity index (χ3v) is 4.17. The molecule has 0 aromatic heterocycles. The lowest BCUT2D eigenvalue weighted by atomic mass is 9.91. The zero-order valence-electron chi connectivity index (χ0n) is 12.7. The van der Waals surface area contributed by atoms with Crippen LogP contribution in [0.15, 0.2) is 24.3 Å². The van der Waals surface area contributed by atoms with Gasteiger partial charge in [0.05, 0.1) is 12.7 Å². The SMILES string of the molecule is CN(C)c1cccc(C(=O)N2CCC(C(O)CO)CC2)c1. The van der Waals surface area contributed by atoms with Gasteiger partial charge in [-0.05, 0) is 37.0 Å². The van der Waals surface area contributed by atoms with Gasteiger partial charge in [-0.25, -0.2) is 0 Å². The molecule has 2 N–H and O–H groups in total. The summed E-state index contributed by atoms with van der Waals surface area (Å²) in [6, 6.07) is 7.60. The van der Waals surface area contributed by atoms with Gasteiger partial charge in [-0.15, -0.1) is 0 Å². The van der Waals surface area contributed by atoms with E-state index in [0.29, 0.717) is 18.7 Å². The molecule has 5 heteroatoms. The molecule has 0 spiro atoms. The molecule has 1 amide bonds. The molecule has 0 saturated carbocycles. The van der Waals surface area contributed by atoms with Gasteiger partial charge >= 0.3 is 0 Å². The van der Waals surface area contributed by atoms with Crippen LogP contribution in [0.1, 0.15) is 23.2 Å². The van der Waals surface area contributed by atoms with Crippen molar-refractivity contribution in [3.05, 3.63) is 29.8 Å². The number of nitrogens with zero attached hydrogens (tertiary/aromatic N) is 2. The van der Waals surface area contributed by atoms with Crippen LogP contribution >= 0.6 is 0 Å². The topological polar surface area (TPSA) is 64.0 Å². The Morgan fingerprint density at radius 3 is 2.62 bits per heavy atom. The average molecular weight is 292 g/mol. The Morgan fingerprint density at radius 1 is 1.38 bits per heavy atom. The normalized spacial score (nSPS) is 17.6. The minimum Gasteiger partial charge on any atom is -0.394 e. The van der Waals surface area contributed by atoms with Crippen molar-refractivity contribution >= 4 is 11.6 Å². The Hall–Kier alpha value is -1.59. The number of hydrogen-bond acceptors (Lipinski definition) is 4. The fraction of sp³-hybridized carbons (Fsp3) is 0.562. The highest BCUT2D eigenvalue weighted by Gasteiger charge is 2.27. The third-order valence-electron chi connectivity index (χ3n) is 4.17. The first-order valence-corrected chi connectivity index (χ1v) is 7.38. The van der Waals surface area contributed by atoms with Crippen molar-refractivity contribution in [2.45, 2.75) is 18.9 Å². The summed E-state index contributed by atoms with van der Waals surface area (Å²) in [6.07, 6.45) is 0.807. The van der Waals surface area contributed by atoms with Gasteiger partial charge in [-0.2, -0.15) is 0 Å². The number of amides is 1. The molecule has 21 heavy (non-hydrogen) atoms. The van der Waals surface area contributed by atoms with Crippen LogP contribution in [0.2, 0.25) is 0 Å². The molecule has 0 aliphatic carbocycles. The summed E-state index contributed by atoms with van der Waals surface area (Å²) in [5.41, 5.74) is 1.70. The number of likely N-dealkylation sites (tertiary alicyclic amines) is 1. The Kier molecular flexibility index (Phi) is 5.20. The van der Waals surface area contributed by atoms with Crippen molar-refractivity contribution in [3.63, 3.8) is 0 Å². The summed E-state index contributed by atoms with van der Waals surface area (Å²) >= 11 is 0. The number of carbonyl (C=O) groups excluding carboxylic acids is 1. The summed E-state index contributed by atoms with van der Waals surface area (Å²) in [6.45, 7) is 1.06. The maximum atomic E-state index is 12.5. The molecular formula is C16H24N2O3. The molecule has 1 unspecified atom stereocenters. The second-order valence-corrected chi connectivity index (χ2v) is 5.82. The first-order valence-electron chi connectivity index (χ1n) is 7.38. The molecule has 1 saturated heterocycles. The molecule has 0 bridgehead atoms. The van der Waals surface area contributed by atoms with Crippen molar-refractivity contribution in [1.82, 2.24) is 4.90 Å². The highest BCUT2D eigenvalue weighted by atomic mass is 16.3. The van der Waals surface area contributed by atoms with Crippen LogP contribution in [0.5, 0.6) is 0 Å². The standard InChI is InChI=1S/C16H24N2O3/c1-17(2)14-5-3-4-13(10-14)16(21)18-8-6-12(7-9-18)15(20)11-19/h3-5,10,12,15,19-20H,6-9,11H2,1-2H3. The van der Waals surface area contributed by atoms with Gasteiger partial charge in [-0.3, -0.25) is 4.79 Å². The molecule has 1 atom stereocenters. The van der Waals surface area contributed by atoms with Gasteiger partial charge in [0.1, 0.15) is 0 Å². The van der Waals surface area contributed by atoms with E-state index in [1.165, 1.54) is 0 Å². The fourth-order valence-electron chi connectivity index (χ4n) is 2.74. The van der Waals surface area contributed by atoms with Crippen molar-refractivity contribution in [2.24, 2.45) is 5.92 Å². The zero-order chi connectivity index (χ0) is 15.4. The lowest BCUT2D eigenvalue weighted by molar-refractivity contribution is 0.0179. The minimum absolute atomic E-state index is 0.0376. The Labute approximate surface area is 125 Å². The van der Waals surface area contributed by atoms with E-state index in [1.807, 2.05) is 48.2 Å². The van der Waals surface area contributed by atoms with E-state index in [0.717, 1.165) is 18.5 Å². The van der Waals surface area contributed by atoms with Gasteiger partial charge in [-0.1, -0.05) is 6.07 Å². The van der Waals surface area contributed by atoms with Crippen LogP contribution in [0.25, 0.3) is 0 Å². The Morgan fingerprint density at radius 2 is 2.05 bits per heavy atom. The van der Waals surface area contributed by atoms with E-state index in [1.54, 1.807) is 0 Å². The van der Waals surface area contributed by atoms with Gasteiger partial charge in [0, 0.05) is 38.4 Å². The molecule has 1 aliphatic rings. The minimum atomic E-state index is -0.667. The molecule has 1 heterocycles. The fourth-order valence-corrected chi connectivity index (χ4v) is 2.74.